The quantitative estimate of drug-likeness (QED) is 0.903. The molecule has 3 rings (SSSR count). The summed E-state index contributed by atoms with van der Waals surface area (Å²) in [6, 6.07) is 3.00. The van der Waals surface area contributed by atoms with Crippen LogP contribution in [0.25, 0.3) is 0 Å². The number of hydrogen-bond acceptors (Lipinski definition) is 3. The minimum absolute atomic E-state index is 0.0974. The smallest absolute Gasteiger partial charge is 0.326 e. The first kappa shape index (κ1) is 13.1. The van der Waals surface area contributed by atoms with Crippen LogP contribution in [0.5, 0.6) is 0 Å². The van der Waals surface area contributed by atoms with Gasteiger partial charge in [-0.05, 0) is 36.3 Å². The second kappa shape index (κ2) is 5.23. The molecule has 1 aromatic rings. The van der Waals surface area contributed by atoms with Crippen LogP contribution in [0.1, 0.15) is 24.8 Å². The molecule has 1 aliphatic carbocycles. The third-order valence-electron chi connectivity index (χ3n) is 4.54. The van der Waals surface area contributed by atoms with Gasteiger partial charge < -0.3 is 10.0 Å². The Balaban J connectivity index is 1.75. The monoisotopic (exact) mass is 274 g/mol. The van der Waals surface area contributed by atoms with Crippen molar-refractivity contribution in [3.05, 3.63) is 30.1 Å². The van der Waals surface area contributed by atoms with Crippen LogP contribution in [-0.4, -0.2) is 39.5 Å². The van der Waals surface area contributed by atoms with Gasteiger partial charge in [-0.3, -0.25) is 9.78 Å². The summed E-state index contributed by atoms with van der Waals surface area (Å²) >= 11 is 0. The topological polar surface area (TPSA) is 70.5 Å². The summed E-state index contributed by atoms with van der Waals surface area (Å²) in [5.74, 6) is -0.446. The van der Waals surface area contributed by atoms with E-state index in [1.807, 2.05) is 6.07 Å². The van der Waals surface area contributed by atoms with E-state index in [1.165, 1.54) is 0 Å². The number of carbonyl (C=O) groups excluding carboxylic acids is 1. The van der Waals surface area contributed by atoms with Crippen molar-refractivity contribution in [1.29, 1.82) is 0 Å². The van der Waals surface area contributed by atoms with Gasteiger partial charge in [-0.15, -0.1) is 0 Å². The summed E-state index contributed by atoms with van der Waals surface area (Å²) in [4.78, 5) is 29.5. The molecular weight excluding hydrogens is 256 g/mol. The lowest BCUT2D eigenvalue weighted by Crippen LogP contribution is -2.43. The number of aliphatic carboxylic acids is 1. The Morgan fingerprint density at radius 2 is 2.25 bits per heavy atom. The molecule has 3 atom stereocenters. The lowest BCUT2D eigenvalue weighted by molar-refractivity contribution is -0.149. The minimum atomic E-state index is -0.862. The van der Waals surface area contributed by atoms with Gasteiger partial charge in [0.25, 0.3) is 0 Å². The maximum atomic E-state index is 12.4. The van der Waals surface area contributed by atoms with E-state index in [4.69, 9.17) is 0 Å². The molecule has 5 heteroatoms. The van der Waals surface area contributed by atoms with E-state index in [0.717, 1.165) is 24.8 Å². The first-order chi connectivity index (χ1) is 9.66. The molecule has 3 unspecified atom stereocenters. The molecule has 2 aliphatic rings. The zero-order chi connectivity index (χ0) is 14.1. The molecule has 0 bridgehead atoms. The van der Waals surface area contributed by atoms with Gasteiger partial charge in [0.1, 0.15) is 6.04 Å². The van der Waals surface area contributed by atoms with E-state index in [2.05, 4.69) is 4.98 Å². The van der Waals surface area contributed by atoms with E-state index in [0.29, 0.717) is 12.5 Å². The number of rotatable bonds is 3. The van der Waals surface area contributed by atoms with Crippen molar-refractivity contribution in [2.24, 2.45) is 11.8 Å². The van der Waals surface area contributed by atoms with E-state index < -0.39 is 12.0 Å². The summed E-state index contributed by atoms with van der Waals surface area (Å²) < 4.78 is 0. The van der Waals surface area contributed by atoms with Gasteiger partial charge >= 0.3 is 5.97 Å². The van der Waals surface area contributed by atoms with Crippen molar-refractivity contribution < 1.29 is 14.7 Å². The van der Waals surface area contributed by atoms with E-state index in [1.54, 1.807) is 23.4 Å². The molecular formula is C15H18N2O3. The Bertz CT molecular complexity index is 517. The van der Waals surface area contributed by atoms with Crippen molar-refractivity contribution in [1.82, 2.24) is 9.88 Å². The van der Waals surface area contributed by atoms with Crippen LogP contribution in [0.2, 0.25) is 0 Å². The molecule has 1 saturated heterocycles. The van der Waals surface area contributed by atoms with Crippen LogP contribution < -0.4 is 0 Å². The summed E-state index contributed by atoms with van der Waals surface area (Å²) in [6.07, 6.45) is 6.61. The fourth-order valence-corrected chi connectivity index (χ4v) is 3.66. The number of carboxylic acids is 1. The van der Waals surface area contributed by atoms with Crippen LogP contribution in [0.3, 0.4) is 0 Å². The number of hydrogen-bond donors (Lipinski definition) is 1. The Morgan fingerprint density at radius 1 is 1.40 bits per heavy atom. The molecule has 20 heavy (non-hydrogen) atoms. The number of fused-ring (bicyclic) bond motifs is 1. The van der Waals surface area contributed by atoms with Crippen LogP contribution in [0.15, 0.2) is 24.5 Å². The molecule has 0 aromatic carbocycles. The molecule has 1 aromatic heterocycles. The van der Waals surface area contributed by atoms with Crippen molar-refractivity contribution in [3.63, 3.8) is 0 Å². The van der Waals surface area contributed by atoms with Gasteiger partial charge in [0, 0.05) is 18.9 Å². The molecule has 2 fully saturated rings. The number of aromatic nitrogens is 1. The van der Waals surface area contributed by atoms with Gasteiger partial charge in [-0.25, -0.2) is 4.79 Å². The molecule has 5 nitrogen and oxygen atoms in total. The highest BCUT2D eigenvalue weighted by Crippen LogP contribution is 2.42. The molecule has 2 heterocycles. The van der Waals surface area contributed by atoms with Crippen molar-refractivity contribution in [2.75, 3.05) is 6.54 Å². The maximum absolute atomic E-state index is 12.4. The average molecular weight is 274 g/mol. The Labute approximate surface area is 117 Å². The number of carboxylic acid groups (broad SMARTS) is 1. The fourth-order valence-electron chi connectivity index (χ4n) is 3.66. The van der Waals surface area contributed by atoms with Crippen LogP contribution in [0, 0.1) is 11.8 Å². The first-order valence-electron chi connectivity index (χ1n) is 7.08. The predicted octanol–water partition coefficient (Wildman–Crippen LogP) is 1.34. The van der Waals surface area contributed by atoms with Crippen LogP contribution in [-0.2, 0) is 16.0 Å². The summed E-state index contributed by atoms with van der Waals surface area (Å²) in [6.45, 7) is 0.598. The first-order valence-corrected chi connectivity index (χ1v) is 7.08. The molecule has 1 N–H and O–H groups in total. The highest BCUT2D eigenvalue weighted by atomic mass is 16.4. The van der Waals surface area contributed by atoms with Gasteiger partial charge in [-0.1, -0.05) is 12.5 Å². The third-order valence-corrected chi connectivity index (χ3v) is 4.54. The highest BCUT2D eigenvalue weighted by molar-refractivity contribution is 5.86. The third kappa shape index (κ3) is 2.28. The SMILES string of the molecule is O=C(O)C1C2CCCC2CN1C(=O)Cc1cccnc1. The molecule has 1 saturated carbocycles. The van der Waals surface area contributed by atoms with Crippen LogP contribution in [0.4, 0.5) is 0 Å². The molecule has 1 aliphatic heterocycles. The van der Waals surface area contributed by atoms with Gasteiger partial charge in [0.2, 0.25) is 5.91 Å². The average Bonchev–Trinajstić information content (AvgIpc) is 2.98. The minimum Gasteiger partial charge on any atom is -0.480 e. The largest absolute Gasteiger partial charge is 0.480 e. The number of nitrogens with zero attached hydrogens (tertiary/aromatic N) is 2. The zero-order valence-electron chi connectivity index (χ0n) is 11.2. The maximum Gasteiger partial charge on any atom is 0.326 e. The second-order valence-corrected chi connectivity index (χ2v) is 5.72. The Hall–Kier alpha value is -1.91. The number of carbonyl (C=O) groups is 2. The molecule has 1 amide bonds. The summed E-state index contributed by atoms with van der Waals surface area (Å²) in [7, 11) is 0. The second-order valence-electron chi connectivity index (χ2n) is 5.72. The Kier molecular flexibility index (Phi) is 3.42. The van der Waals surface area contributed by atoms with Crippen molar-refractivity contribution in [2.45, 2.75) is 31.7 Å². The standard InChI is InChI=1S/C15H18N2O3/c18-13(7-10-3-2-6-16-8-10)17-9-11-4-1-5-12(11)14(17)15(19)20/h2-3,6,8,11-12,14H,1,4-5,7,9H2,(H,19,20). The normalized spacial score (nSPS) is 28.4. The van der Waals surface area contributed by atoms with Crippen LogP contribution >= 0.6 is 0 Å². The highest BCUT2D eigenvalue weighted by Gasteiger charge is 2.49. The number of amides is 1. The lowest BCUT2D eigenvalue weighted by atomic mass is 9.94. The van der Waals surface area contributed by atoms with Gasteiger partial charge in [-0.2, -0.15) is 0 Å². The Morgan fingerprint density at radius 3 is 2.95 bits per heavy atom. The summed E-state index contributed by atoms with van der Waals surface area (Å²) in [5, 5.41) is 9.44. The van der Waals surface area contributed by atoms with Crippen molar-refractivity contribution >= 4 is 11.9 Å². The van der Waals surface area contributed by atoms with Gasteiger partial charge in [0.15, 0.2) is 0 Å². The van der Waals surface area contributed by atoms with E-state index in [9.17, 15) is 14.7 Å². The van der Waals surface area contributed by atoms with E-state index >= 15 is 0 Å². The fraction of sp³-hybridized carbons (Fsp3) is 0.533. The van der Waals surface area contributed by atoms with E-state index in [-0.39, 0.29) is 18.2 Å². The molecule has 0 radical (unpaired) electrons. The predicted molar refractivity (Wildman–Crippen MR) is 71.9 cm³/mol. The number of pyridine rings is 1. The molecule has 106 valence electrons. The summed E-state index contributed by atoms with van der Waals surface area (Å²) in [5.41, 5.74) is 0.832. The van der Waals surface area contributed by atoms with Crippen molar-refractivity contribution in [3.8, 4) is 0 Å². The number of likely N-dealkylation sites (tertiary alicyclic amines) is 1. The molecule has 0 spiro atoms. The lowest BCUT2D eigenvalue weighted by Gasteiger charge is -2.24. The zero-order valence-corrected chi connectivity index (χ0v) is 11.2. The van der Waals surface area contributed by atoms with Gasteiger partial charge in [0.05, 0.1) is 6.42 Å².